The summed E-state index contributed by atoms with van der Waals surface area (Å²) in [6.45, 7) is 3.11. The van der Waals surface area contributed by atoms with Gasteiger partial charge in [0.05, 0.1) is 6.10 Å². The van der Waals surface area contributed by atoms with Gasteiger partial charge in [0.1, 0.15) is 0 Å². The number of hydrogen-bond donors (Lipinski definition) is 2. The Morgan fingerprint density at radius 3 is 2.75 bits per heavy atom. The number of nitrogens with zero attached hydrogens (tertiary/aromatic N) is 1. The molecule has 1 atom stereocenters. The van der Waals surface area contributed by atoms with Crippen molar-refractivity contribution in [2.45, 2.75) is 18.9 Å². The summed E-state index contributed by atoms with van der Waals surface area (Å²) >= 11 is 0. The number of hydrogen-bond acceptors (Lipinski definition) is 3. The van der Waals surface area contributed by atoms with Crippen molar-refractivity contribution in [3.63, 3.8) is 0 Å². The lowest BCUT2D eigenvalue weighted by atomic mass is 10.3. The van der Waals surface area contributed by atoms with Gasteiger partial charge in [-0.1, -0.05) is 0 Å². The number of carbonyl (C=O) groups excluding carboxylic acids is 1. The molecule has 1 heterocycles. The smallest absolute Gasteiger partial charge is 0.309 e. The summed E-state index contributed by atoms with van der Waals surface area (Å²) in [4.78, 5) is 12.0. The summed E-state index contributed by atoms with van der Waals surface area (Å²) in [6.07, 6.45) is 3.54. The van der Waals surface area contributed by atoms with Gasteiger partial charge in [0.2, 0.25) is 0 Å². The fourth-order valence-corrected chi connectivity index (χ4v) is 1.49. The third-order valence-electron chi connectivity index (χ3n) is 2.08. The quantitative estimate of drug-likeness (QED) is 0.527. The number of aliphatic hydroxyl groups is 1. The maximum Gasteiger partial charge on any atom is 0.309 e. The van der Waals surface area contributed by atoms with Crippen LogP contribution < -0.4 is 5.32 Å². The summed E-state index contributed by atoms with van der Waals surface area (Å²) in [5.74, 6) is 0. The van der Waals surface area contributed by atoms with Crippen molar-refractivity contribution in [2.24, 2.45) is 0 Å². The van der Waals surface area contributed by atoms with Gasteiger partial charge in [-0.25, -0.2) is 0 Å². The Labute approximate surface area is 72.6 Å². The lowest BCUT2D eigenvalue weighted by Crippen LogP contribution is -2.36. The first kappa shape index (κ1) is 9.48. The molecule has 2 N–H and O–H groups in total. The first-order valence-corrected chi connectivity index (χ1v) is 4.33. The monoisotopic (exact) mass is 171 g/mol. The Morgan fingerprint density at radius 2 is 2.17 bits per heavy atom. The minimum absolute atomic E-state index is 0.306. The van der Waals surface area contributed by atoms with Crippen LogP contribution in [0.15, 0.2) is 0 Å². The van der Waals surface area contributed by atoms with E-state index in [9.17, 15) is 9.90 Å². The predicted molar refractivity (Wildman–Crippen MR) is 45.4 cm³/mol. The number of nitrogens with one attached hydrogen (secondary N) is 1. The fourth-order valence-electron chi connectivity index (χ4n) is 1.49. The maximum absolute atomic E-state index is 9.79. The van der Waals surface area contributed by atoms with Gasteiger partial charge in [-0.15, -0.1) is 0 Å². The zero-order valence-corrected chi connectivity index (χ0v) is 7.12. The second-order valence-corrected chi connectivity index (χ2v) is 3.14. The van der Waals surface area contributed by atoms with Crippen molar-refractivity contribution in [1.29, 1.82) is 0 Å². The second kappa shape index (κ2) is 5.11. The van der Waals surface area contributed by atoms with Gasteiger partial charge in [0, 0.05) is 13.1 Å². The second-order valence-electron chi connectivity index (χ2n) is 3.14. The molecule has 0 aliphatic carbocycles. The molecule has 69 valence electrons. The van der Waals surface area contributed by atoms with Gasteiger partial charge in [-0.3, -0.25) is 4.79 Å². The van der Waals surface area contributed by atoms with Crippen molar-refractivity contribution in [2.75, 3.05) is 26.2 Å². The maximum atomic E-state index is 9.79. The van der Waals surface area contributed by atoms with Crippen LogP contribution in [0.1, 0.15) is 12.8 Å². The average Bonchev–Trinajstić information content (AvgIpc) is 2.53. The molecule has 1 amide bonds. The molecule has 0 spiro atoms. The topological polar surface area (TPSA) is 52.6 Å². The van der Waals surface area contributed by atoms with E-state index in [4.69, 9.17) is 0 Å². The Hall–Kier alpha value is -0.610. The predicted octanol–water partition coefficient (Wildman–Crippen LogP) is -0.900. The van der Waals surface area contributed by atoms with Gasteiger partial charge in [-0.2, -0.15) is 0 Å². The highest BCUT2D eigenvalue weighted by Gasteiger charge is 2.14. The molecule has 0 aromatic carbocycles. The van der Waals surface area contributed by atoms with E-state index in [0.717, 1.165) is 13.1 Å². The zero-order valence-electron chi connectivity index (χ0n) is 7.12. The molecule has 0 saturated carbocycles. The molecule has 0 aromatic heterocycles. The summed E-state index contributed by atoms with van der Waals surface area (Å²) in [7, 11) is 0. The molecule has 0 bridgehead atoms. The van der Waals surface area contributed by atoms with E-state index >= 15 is 0 Å². The van der Waals surface area contributed by atoms with Crippen LogP contribution in [0.5, 0.6) is 0 Å². The van der Waals surface area contributed by atoms with E-state index < -0.39 is 6.10 Å². The van der Waals surface area contributed by atoms with Crippen LogP contribution in [-0.4, -0.2) is 48.7 Å². The van der Waals surface area contributed by atoms with Gasteiger partial charge in [0.25, 0.3) is 0 Å². The summed E-state index contributed by atoms with van der Waals surface area (Å²) < 4.78 is 0. The Morgan fingerprint density at radius 1 is 1.50 bits per heavy atom. The zero-order chi connectivity index (χ0) is 8.81. The minimum atomic E-state index is -0.454. The number of aliphatic hydroxyl groups excluding tert-OH is 1. The van der Waals surface area contributed by atoms with E-state index in [1.807, 2.05) is 0 Å². The number of amides is 1. The molecule has 1 radical (unpaired) electrons. The third-order valence-corrected chi connectivity index (χ3v) is 2.08. The molecule has 1 rings (SSSR count). The van der Waals surface area contributed by atoms with Gasteiger partial charge >= 0.3 is 6.41 Å². The summed E-state index contributed by atoms with van der Waals surface area (Å²) in [6, 6.07) is 0. The summed E-state index contributed by atoms with van der Waals surface area (Å²) in [5.41, 5.74) is 0. The molecule has 1 aliphatic heterocycles. The van der Waals surface area contributed by atoms with Crippen LogP contribution in [0.3, 0.4) is 0 Å². The highest BCUT2D eigenvalue weighted by atomic mass is 16.3. The number of rotatable bonds is 5. The van der Waals surface area contributed by atoms with Crippen molar-refractivity contribution in [3.8, 4) is 0 Å². The normalized spacial score (nSPS) is 20.8. The standard InChI is InChI=1S/C8H15N2O2/c11-7-9-5-8(12)6-10-3-1-2-4-10/h8,12H,1-6H2,(H,9,11). The number of likely N-dealkylation sites (tertiary alicyclic amines) is 1. The van der Waals surface area contributed by atoms with Crippen LogP contribution in [-0.2, 0) is 4.79 Å². The average molecular weight is 171 g/mol. The molecule has 1 unspecified atom stereocenters. The van der Waals surface area contributed by atoms with Crippen molar-refractivity contribution in [3.05, 3.63) is 0 Å². The first-order valence-electron chi connectivity index (χ1n) is 4.33. The first-order chi connectivity index (χ1) is 5.83. The van der Waals surface area contributed by atoms with Crippen LogP contribution in [0.25, 0.3) is 0 Å². The van der Waals surface area contributed by atoms with Crippen molar-refractivity contribution >= 4 is 6.41 Å². The molecular weight excluding hydrogens is 156 g/mol. The van der Waals surface area contributed by atoms with Crippen molar-refractivity contribution in [1.82, 2.24) is 10.2 Å². The molecular formula is C8H15N2O2. The molecule has 1 saturated heterocycles. The molecule has 0 aromatic rings. The minimum Gasteiger partial charge on any atom is -0.390 e. The lowest BCUT2D eigenvalue weighted by molar-refractivity contribution is 0.127. The van der Waals surface area contributed by atoms with E-state index in [1.165, 1.54) is 12.8 Å². The lowest BCUT2D eigenvalue weighted by Gasteiger charge is -2.18. The van der Waals surface area contributed by atoms with E-state index in [0.29, 0.717) is 13.1 Å². The molecule has 4 nitrogen and oxygen atoms in total. The van der Waals surface area contributed by atoms with E-state index in [-0.39, 0.29) is 0 Å². The van der Waals surface area contributed by atoms with Crippen LogP contribution in [0.4, 0.5) is 0 Å². The van der Waals surface area contributed by atoms with Crippen LogP contribution >= 0.6 is 0 Å². The molecule has 4 heteroatoms. The van der Waals surface area contributed by atoms with Crippen LogP contribution in [0, 0.1) is 0 Å². The summed E-state index contributed by atoms with van der Waals surface area (Å²) in [5, 5.41) is 11.7. The van der Waals surface area contributed by atoms with E-state index in [2.05, 4.69) is 10.2 Å². The molecule has 12 heavy (non-hydrogen) atoms. The van der Waals surface area contributed by atoms with Crippen LogP contribution in [0.2, 0.25) is 0 Å². The molecule has 1 fully saturated rings. The molecule has 1 aliphatic rings. The Kier molecular flexibility index (Phi) is 4.04. The number of β-amino-alcohol motifs (C(OH)–C–C–N with tert-alkyl or cyclic N) is 1. The highest BCUT2D eigenvalue weighted by molar-refractivity contribution is 5.46. The fraction of sp³-hybridized carbons (Fsp3) is 0.875. The third kappa shape index (κ3) is 3.19. The highest BCUT2D eigenvalue weighted by Crippen LogP contribution is 2.07. The van der Waals surface area contributed by atoms with Gasteiger partial charge in [-0.05, 0) is 25.9 Å². The Balaban J connectivity index is 2.07. The van der Waals surface area contributed by atoms with Gasteiger partial charge < -0.3 is 15.3 Å². The SMILES string of the molecule is O=[C]NCC(O)CN1CCCC1. The van der Waals surface area contributed by atoms with Crippen molar-refractivity contribution < 1.29 is 9.90 Å². The van der Waals surface area contributed by atoms with E-state index in [1.54, 1.807) is 6.41 Å². The van der Waals surface area contributed by atoms with Gasteiger partial charge in [0.15, 0.2) is 0 Å². The largest absolute Gasteiger partial charge is 0.390 e. The Bertz CT molecular complexity index is 135.